The highest BCUT2D eigenvalue weighted by Crippen LogP contribution is 2.10. The zero-order chi connectivity index (χ0) is 9.94. The quantitative estimate of drug-likeness (QED) is 0.397. The first-order chi connectivity index (χ1) is 6.31. The molecule has 0 fully saturated rings. The Morgan fingerprint density at radius 3 is 2.54 bits per heavy atom. The number of hydrogen-bond acceptors (Lipinski definition) is 0. The van der Waals surface area contributed by atoms with E-state index in [1.165, 1.54) is 25.7 Å². The van der Waals surface area contributed by atoms with Crippen LogP contribution in [0.15, 0.2) is 37.0 Å². The maximum atomic E-state index is 3.62. The van der Waals surface area contributed by atoms with Gasteiger partial charge in [-0.2, -0.15) is 0 Å². The van der Waals surface area contributed by atoms with Gasteiger partial charge in [-0.25, -0.2) is 0 Å². The minimum absolute atomic E-state index is 0.709. The van der Waals surface area contributed by atoms with Crippen LogP contribution in [-0.2, 0) is 0 Å². The highest BCUT2D eigenvalue weighted by molar-refractivity contribution is 5.09. The molecule has 74 valence electrons. The highest BCUT2D eigenvalue weighted by atomic mass is 14.0. The van der Waals surface area contributed by atoms with Crippen LogP contribution in [0.25, 0.3) is 0 Å². The first-order valence-electron chi connectivity index (χ1n) is 5.27. The van der Waals surface area contributed by atoms with Crippen molar-refractivity contribution in [3.63, 3.8) is 0 Å². The average molecular weight is 178 g/mol. The second kappa shape index (κ2) is 9.31. The van der Waals surface area contributed by atoms with E-state index in [2.05, 4.69) is 32.6 Å². The topological polar surface area (TPSA) is 0 Å². The van der Waals surface area contributed by atoms with Crippen LogP contribution in [0.5, 0.6) is 0 Å². The molecule has 0 aliphatic rings. The summed E-state index contributed by atoms with van der Waals surface area (Å²) in [4.78, 5) is 0. The molecule has 0 saturated carbocycles. The smallest absolute Gasteiger partial charge is 0.0259 e. The van der Waals surface area contributed by atoms with Crippen LogP contribution in [0.4, 0.5) is 0 Å². The van der Waals surface area contributed by atoms with Gasteiger partial charge in [0, 0.05) is 0 Å². The number of rotatable bonds is 7. The fourth-order valence-corrected chi connectivity index (χ4v) is 1.21. The molecule has 0 aliphatic heterocycles. The minimum Gasteiger partial charge on any atom is -0.0991 e. The fourth-order valence-electron chi connectivity index (χ4n) is 1.21. The lowest BCUT2D eigenvalue weighted by Crippen LogP contribution is -1.88. The van der Waals surface area contributed by atoms with E-state index in [1.807, 2.05) is 12.2 Å². The number of hydrogen-bond donors (Lipinski definition) is 0. The molecule has 13 heavy (non-hydrogen) atoms. The Kier molecular flexibility index (Phi) is 8.75. The number of unbranched alkanes of at least 4 members (excludes halogenated alkanes) is 2. The zero-order valence-electron chi connectivity index (χ0n) is 9.00. The van der Waals surface area contributed by atoms with Gasteiger partial charge in [0.25, 0.3) is 0 Å². The molecule has 0 amide bonds. The normalized spacial score (nSPS) is 14.0. The van der Waals surface area contributed by atoms with Crippen molar-refractivity contribution in [1.29, 1.82) is 0 Å². The summed E-state index contributed by atoms with van der Waals surface area (Å²) in [5, 5.41) is 0. The second-order valence-corrected chi connectivity index (χ2v) is 3.48. The molecular weight excluding hydrogens is 156 g/mol. The molecule has 0 bridgehead atoms. The Bertz CT molecular complexity index is 163. The highest BCUT2D eigenvalue weighted by Gasteiger charge is 1.94. The summed E-state index contributed by atoms with van der Waals surface area (Å²) < 4.78 is 0. The third-order valence-electron chi connectivity index (χ3n) is 2.06. The largest absolute Gasteiger partial charge is 0.0991 e. The molecule has 0 N–H and O–H groups in total. The Labute approximate surface area is 83.0 Å². The maximum Gasteiger partial charge on any atom is -0.0259 e. The molecule has 0 aromatic rings. The van der Waals surface area contributed by atoms with E-state index in [4.69, 9.17) is 0 Å². The van der Waals surface area contributed by atoms with Gasteiger partial charge >= 0.3 is 0 Å². The molecule has 0 rings (SSSR count). The Morgan fingerprint density at radius 2 is 1.92 bits per heavy atom. The summed E-state index contributed by atoms with van der Waals surface area (Å²) in [7, 11) is 0. The van der Waals surface area contributed by atoms with Gasteiger partial charge in [0.1, 0.15) is 0 Å². The summed E-state index contributed by atoms with van der Waals surface area (Å²) in [6, 6.07) is 0. The first-order valence-corrected chi connectivity index (χ1v) is 5.27. The molecule has 1 atom stereocenters. The lowest BCUT2D eigenvalue weighted by molar-refractivity contribution is 0.576. The van der Waals surface area contributed by atoms with E-state index >= 15 is 0 Å². The van der Waals surface area contributed by atoms with E-state index in [1.54, 1.807) is 6.08 Å². The molecule has 0 aliphatic carbocycles. The van der Waals surface area contributed by atoms with Gasteiger partial charge in [-0.15, -0.1) is 0 Å². The predicted octanol–water partition coefficient (Wildman–Crippen LogP) is 4.50. The lowest BCUT2D eigenvalue weighted by Gasteiger charge is -2.03. The molecule has 0 spiro atoms. The van der Waals surface area contributed by atoms with Gasteiger partial charge in [-0.3, -0.25) is 0 Å². The van der Waals surface area contributed by atoms with E-state index in [-0.39, 0.29) is 0 Å². The fraction of sp³-hybridized carbons (Fsp3) is 0.538. The molecule has 0 aromatic heterocycles. The standard InChI is InChI=1S/C13H22/c1-4-6-8-10-12-13(3)11-9-7-5-2/h4,6,8,10,12-13H,1,5,7,9,11H2,2-3H3/b8-6-,12-10-. The molecule has 0 aromatic carbocycles. The van der Waals surface area contributed by atoms with Crippen molar-refractivity contribution in [2.45, 2.75) is 39.5 Å². The van der Waals surface area contributed by atoms with Gasteiger partial charge in [0.2, 0.25) is 0 Å². The van der Waals surface area contributed by atoms with Crippen LogP contribution >= 0.6 is 0 Å². The summed E-state index contributed by atoms with van der Waals surface area (Å²) in [5.74, 6) is 0.709. The summed E-state index contributed by atoms with van der Waals surface area (Å²) in [6.07, 6.45) is 15.5. The van der Waals surface area contributed by atoms with Crippen LogP contribution in [0, 0.1) is 5.92 Å². The first kappa shape index (κ1) is 12.2. The van der Waals surface area contributed by atoms with Crippen molar-refractivity contribution >= 4 is 0 Å². The van der Waals surface area contributed by atoms with E-state index in [9.17, 15) is 0 Å². The Balaban J connectivity index is 3.48. The second-order valence-electron chi connectivity index (χ2n) is 3.48. The van der Waals surface area contributed by atoms with Gasteiger partial charge in [0.05, 0.1) is 0 Å². The maximum absolute atomic E-state index is 3.62. The molecule has 0 nitrogen and oxygen atoms in total. The average Bonchev–Trinajstić information content (AvgIpc) is 2.13. The van der Waals surface area contributed by atoms with Crippen molar-refractivity contribution in [3.05, 3.63) is 37.0 Å². The van der Waals surface area contributed by atoms with E-state index in [0.717, 1.165) is 0 Å². The van der Waals surface area contributed by atoms with Crippen molar-refractivity contribution in [1.82, 2.24) is 0 Å². The summed E-state index contributed by atoms with van der Waals surface area (Å²) in [6.45, 7) is 8.13. The molecular formula is C13H22. The van der Waals surface area contributed by atoms with Gasteiger partial charge in [0.15, 0.2) is 0 Å². The van der Waals surface area contributed by atoms with E-state index in [0.29, 0.717) is 5.92 Å². The van der Waals surface area contributed by atoms with Crippen molar-refractivity contribution in [2.24, 2.45) is 5.92 Å². The molecule has 0 radical (unpaired) electrons. The third kappa shape index (κ3) is 9.13. The molecule has 0 heterocycles. The van der Waals surface area contributed by atoms with Gasteiger partial charge in [-0.1, -0.05) is 70.1 Å². The predicted molar refractivity (Wildman–Crippen MR) is 61.8 cm³/mol. The minimum atomic E-state index is 0.709. The van der Waals surface area contributed by atoms with Crippen LogP contribution < -0.4 is 0 Å². The van der Waals surface area contributed by atoms with Crippen LogP contribution in [0.1, 0.15) is 39.5 Å². The van der Waals surface area contributed by atoms with Crippen LogP contribution in [-0.4, -0.2) is 0 Å². The van der Waals surface area contributed by atoms with E-state index < -0.39 is 0 Å². The van der Waals surface area contributed by atoms with Crippen molar-refractivity contribution < 1.29 is 0 Å². The molecule has 0 heteroatoms. The van der Waals surface area contributed by atoms with Crippen LogP contribution in [0.3, 0.4) is 0 Å². The Morgan fingerprint density at radius 1 is 1.15 bits per heavy atom. The number of allylic oxidation sites excluding steroid dienone is 5. The van der Waals surface area contributed by atoms with Crippen molar-refractivity contribution in [2.75, 3.05) is 0 Å². The lowest BCUT2D eigenvalue weighted by atomic mass is 10.0. The van der Waals surface area contributed by atoms with Gasteiger partial charge in [-0.05, 0) is 12.3 Å². The zero-order valence-corrected chi connectivity index (χ0v) is 9.00. The van der Waals surface area contributed by atoms with Crippen molar-refractivity contribution in [3.8, 4) is 0 Å². The summed E-state index contributed by atoms with van der Waals surface area (Å²) >= 11 is 0. The monoisotopic (exact) mass is 178 g/mol. The summed E-state index contributed by atoms with van der Waals surface area (Å²) in [5.41, 5.74) is 0. The molecule has 1 unspecified atom stereocenters. The molecule has 0 saturated heterocycles. The van der Waals surface area contributed by atoms with Gasteiger partial charge < -0.3 is 0 Å². The van der Waals surface area contributed by atoms with Crippen LogP contribution in [0.2, 0.25) is 0 Å². The third-order valence-corrected chi connectivity index (χ3v) is 2.06. The Hall–Kier alpha value is -0.780. The SMILES string of the molecule is C=C/C=C\C=C/C(C)CCCCC.